The van der Waals surface area contributed by atoms with Crippen LogP contribution in [0.1, 0.15) is 54.4 Å². The van der Waals surface area contributed by atoms with E-state index in [1.807, 2.05) is 0 Å². The summed E-state index contributed by atoms with van der Waals surface area (Å²) in [6, 6.07) is 4.89. The monoisotopic (exact) mass is 471 g/mol. The standard InChI is InChI=1S/C24H30FN5O4/c25-17-9-7-16(8-10-17)13-30-23(33)20(21(26)29(24(30)34)12-15-4-3-5-15)19(31)14-28-11-2-1-6-18(28)22(27)32/h7-10,15,18H,1-6,11-14,26H2,(H2,27,32). The largest absolute Gasteiger partial charge is 0.384 e. The lowest BCUT2D eigenvalue weighted by atomic mass is 9.85. The summed E-state index contributed by atoms with van der Waals surface area (Å²) in [4.78, 5) is 53.5. The lowest BCUT2D eigenvalue weighted by Gasteiger charge is -2.33. The van der Waals surface area contributed by atoms with E-state index in [-0.39, 0.29) is 30.4 Å². The molecule has 1 saturated carbocycles. The molecule has 1 aliphatic heterocycles. The molecule has 1 aromatic heterocycles. The van der Waals surface area contributed by atoms with E-state index in [9.17, 15) is 23.6 Å². The molecule has 4 N–H and O–H groups in total. The summed E-state index contributed by atoms with van der Waals surface area (Å²) >= 11 is 0. The Balaban J connectivity index is 1.74. The number of likely N-dealkylation sites (tertiary alicyclic amines) is 1. The SMILES string of the molecule is NC(=O)C1CCCCN1CC(=O)c1c(N)n(CC2CCC2)c(=O)n(Cc2ccc(F)cc2)c1=O. The number of primary amides is 1. The highest BCUT2D eigenvalue weighted by atomic mass is 19.1. The Kier molecular flexibility index (Phi) is 6.97. The summed E-state index contributed by atoms with van der Waals surface area (Å²) in [7, 11) is 0. The Morgan fingerprint density at radius 2 is 1.71 bits per heavy atom. The molecule has 1 aromatic carbocycles. The molecule has 34 heavy (non-hydrogen) atoms. The van der Waals surface area contributed by atoms with Gasteiger partial charge in [-0.1, -0.05) is 25.0 Å². The van der Waals surface area contributed by atoms with Gasteiger partial charge in [-0.3, -0.25) is 28.4 Å². The average molecular weight is 472 g/mol. The van der Waals surface area contributed by atoms with E-state index in [1.54, 1.807) is 4.90 Å². The van der Waals surface area contributed by atoms with Crippen LogP contribution in [0.15, 0.2) is 33.9 Å². The summed E-state index contributed by atoms with van der Waals surface area (Å²) in [5.41, 5.74) is 10.7. The molecule has 182 valence electrons. The molecule has 0 radical (unpaired) electrons. The number of carbonyl (C=O) groups excluding carboxylic acids is 2. The molecule has 9 nitrogen and oxygen atoms in total. The molecule has 2 aromatic rings. The van der Waals surface area contributed by atoms with Crippen LogP contribution >= 0.6 is 0 Å². The fraction of sp³-hybridized carbons (Fsp3) is 0.500. The van der Waals surface area contributed by atoms with E-state index in [2.05, 4.69) is 0 Å². The van der Waals surface area contributed by atoms with Crippen molar-refractivity contribution in [1.82, 2.24) is 14.0 Å². The van der Waals surface area contributed by atoms with Crippen molar-refractivity contribution in [2.75, 3.05) is 18.8 Å². The second-order valence-electron chi connectivity index (χ2n) is 9.28. The van der Waals surface area contributed by atoms with Gasteiger partial charge >= 0.3 is 5.69 Å². The first-order valence-corrected chi connectivity index (χ1v) is 11.7. The Hall–Kier alpha value is -3.27. The lowest BCUT2D eigenvalue weighted by molar-refractivity contribution is -0.124. The van der Waals surface area contributed by atoms with Gasteiger partial charge in [0.2, 0.25) is 5.91 Å². The molecular formula is C24H30FN5O4. The number of nitrogens with two attached hydrogens (primary N) is 2. The summed E-state index contributed by atoms with van der Waals surface area (Å²) in [6.45, 7) is 0.523. The van der Waals surface area contributed by atoms with E-state index >= 15 is 0 Å². The highest BCUT2D eigenvalue weighted by Crippen LogP contribution is 2.28. The molecule has 4 rings (SSSR count). The van der Waals surface area contributed by atoms with Crippen LogP contribution in [0, 0.1) is 11.7 Å². The molecule has 0 bridgehead atoms. The van der Waals surface area contributed by atoms with Crippen molar-refractivity contribution in [3.05, 3.63) is 62.0 Å². The third-order valence-corrected chi connectivity index (χ3v) is 6.95. The van der Waals surface area contributed by atoms with Gasteiger partial charge in [0.15, 0.2) is 5.78 Å². The minimum absolute atomic E-state index is 0.114. The summed E-state index contributed by atoms with van der Waals surface area (Å²) in [5.74, 6) is -1.39. The van der Waals surface area contributed by atoms with E-state index in [0.717, 1.165) is 36.7 Å². The number of aromatic nitrogens is 2. The van der Waals surface area contributed by atoms with Crippen molar-refractivity contribution in [3.63, 3.8) is 0 Å². The predicted octanol–water partition coefficient (Wildman–Crippen LogP) is 1.10. The third kappa shape index (κ3) is 4.82. The van der Waals surface area contributed by atoms with Crippen molar-refractivity contribution >= 4 is 17.5 Å². The zero-order valence-corrected chi connectivity index (χ0v) is 19.0. The fourth-order valence-electron chi connectivity index (χ4n) is 4.77. The molecular weight excluding hydrogens is 441 g/mol. The zero-order valence-electron chi connectivity index (χ0n) is 19.0. The van der Waals surface area contributed by atoms with Gasteiger partial charge in [0.1, 0.15) is 17.2 Å². The number of Topliss-reactive ketones (excluding diaryl/α,β-unsaturated/α-hetero) is 1. The maximum Gasteiger partial charge on any atom is 0.332 e. The highest BCUT2D eigenvalue weighted by molar-refractivity contribution is 6.01. The number of nitrogens with zero attached hydrogens (tertiary/aromatic N) is 3. The maximum absolute atomic E-state index is 13.4. The van der Waals surface area contributed by atoms with Crippen LogP contribution in [-0.4, -0.2) is 44.9 Å². The van der Waals surface area contributed by atoms with Crippen LogP contribution < -0.4 is 22.7 Å². The van der Waals surface area contributed by atoms with Gasteiger partial charge < -0.3 is 11.5 Å². The average Bonchev–Trinajstić information content (AvgIpc) is 2.77. The van der Waals surface area contributed by atoms with Gasteiger partial charge in [-0.15, -0.1) is 0 Å². The Bertz CT molecular complexity index is 1200. The number of anilines is 1. The van der Waals surface area contributed by atoms with Crippen molar-refractivity contribution in [2.45, 2.75) is 57.7 Å². The number of hydrogen-bond acceptors (Lipinski definition) is 6. The second kappa shape index (κ2) is 9.92. The number of rotatable bonds is 8. The number of piperidine rings is 1. The van der Waals surface area contributed by atoms with E-state index in [0.29, 0.717) is 25.1 Å². The first-order valence-electron chi connectivity index (χ1n) is 11.7. The van der Waals surface area contributed by atoms with Gasteiger partial charge in [0.05, 0.1) is 19.1 Å². The Labute approximate surface area is 196 Å². The zero-order chi connectivity index (χ0) is 24.4. The summed E-state index contributed by atoms with van der Waals surface area (Å²) in [6.07, 6.45) is 5.14. The second-order valence-corrected chi connectivity index (χ2v) is 9.28. The van der Waals surface area contributed by atoms with Crippen LogP contribution in [0.4, 0.5) is 10.2 Å². The third-order valence-electron chi connectivity index (χ3n) is 6.95. The first-order chi connectivity index (χ1) is 16.3. The topological polar surface area (TPSA) is 133 Å². The number of halogens is 1. The van der Waals surface area contributed by atoms with Gasteiger partial charge in [-0.25, -0.2) is 9.18 Å². The van der Waals surface area contributed by atoms with E-state index < -0.39 is 34.8 Å². The number of benzene rings is 1. The normalized spacial score (nSPS) is 19.0. The van der Waals surface area contributed by atoms with Gasteiger partial charge in [0.25, 0.3) is 5.56 Å². The molecule has 2 fully saturated rings. The van der Waals surface area contributed by atoms with E-state index in [1.165, 1.54) is 28.8 Å². The number of carbonyl (C=O) groups is 2. The molecule has 1 amide bonds. The molecule has 1 saturated heterocycles. The minimum Gasteiger partial charge on any atom is -0.384 e. The molecule has 2 aliphatic rings. The summed E-state index contributed by atoms with van der Waals surface area (Å²) < 4.78 is 15.6. The van der Waals surface area contributed by atoms with Gasteiger partial charge in [-0.2, -0.15) is 0 Å². The fourth-order valence-corrected chi connectivity index (χ4v) is 4.77. The first kappa shape index (κ1) is 23.9. The van der Waals surface area contributed by atoms with Crippen molar-refractivity contribution in [2.24, 2.45) is 11.7 Å². The highest BCUT2D eigenvalue weighted by Gasteiger charge is 2.31. The van der Waals surface area contributed by atoms with E-state index in [4.69, 9.17) is 11.5 Å². The molecule has 1 atom stereocenters. The minimum atomic E-state index is -0.783. The number of ketones is 1. The number of amides is 1. The molecule has 0 spiro atoms. The molecule has 10 heteroatoms. The van der Waals surface area contributed by atoms with Gasteiger partial charge in [-0.05, 0) is 55.8 Å². The quantitative estimate of drug-likeness (QED) is 0.554. The smallest absolute Gasteiger partial charge is 0.332 e. The Morgan fingerprint density at radius 1 is 1.00 bits per heavy atom. The Morgan fingerprint density at radius 3 is 2.32 bits per heavy atom. The number of nitrogen functional groups attached to an aromatic ring is 1. The summed E-state index contributed by atoms with van der Waals surface area (Å²) in [5, 5.41) is 0. The molecule has 2 heterocycles. The number of hydrogen-bond donors (Lipinski definition) is 2. The van der Waals surface area contributed by atoms with Crippen molar-refractivity contribution < 1.29 is 14.0 Å². The van der Waals surface area contributed by atoms with Crippen LogP contribution in [-0.2, 0) is 17.9 Å². The van der Waals surface area contributed by atoms with Crippen LogP contribution in [0.2, 0.25) is 0 Å². The van der Waals surface area contributed by atoms with Crippen LogP contribution in [0.25, 0.3) is 0 Å². The van der Waals surface area contributed by atoms with Crippen LogP contribution in [0.3, 0.4) is 0 Å². The van der Waals surface area contributed by atoms with Crippen molar-refractivity contribution in [3.8, 4) is 0 Å². The predicted molar refractivity (Wildman–Crippen MR) is 125 cm³/mol. The van der Waals surface area contributed by atoms with Crippen LogP contribution in [0.5, 0.6) is 0 Å². The maximum atomic E-state index is 13.4. The van der Waals surface area contributed by atoms with Crippen molar-refractivity contribution in [1.29, 1.82) is 0 Å². The lowest BCUT2D eigenvalue weighted by Crippen LogP contribution is -2.51. The van der Waals surface area contributed by atoms with Gasteiger partial charge in [0, 0.05) is 6.54 Å². The molecule has 1 unspecified atom stereocenters. The molecule has 1 aliphatic carbocycles.